The average Bonchev–Trinajstić information content (AvgIpc) is 2.25. The van der Waals surface area contributed by atoms with Crippen LogP contribution in [-0.2, 0) is 0 Å². The maximum Gasteiger partial charge on any atom is 0.336 e. The van der Waals surface area contributed by atoms with Gasteiger partial charge >= 0.3 is 11.9 Å². The minimum Gasteiger partial charge on any atom is -0.478 e. The highest BCUT2D eigenvalue weighted by molar-refractivity contribution is 9.09. The van der Waals surface area contributed by atoms with Gasteiger partial charge in [-0.15, -0.1) is 0 Å². The molecule has 82 valence electrons. The maximum absolute atomic E-state index is 10.9. The molecule has 5 heteroatoms. The summed E-state index contributed by atoms with van der Waals surface area (Å²) < 4.78 is 0. The first-order valence-corrected chi connectivity index (χ1v) is 5.34. The molecule has 0 amide bonds. The summed E-state index contributed by atoms with van der Waals surface area (Å²) in [5.74, 6) is 2.95. The summed E-state index contributed by atoms with van der Waals surface area (Å²) in [5.41, 5.74) is 0.132. The molecule has 0 saturated carbocycles. The summed E-state index contributed by atoms with van der Waals surface area (Å²) >= 11 is 3.09. The monoisotopic (exact) mass is 282 g/mol. The van der Waals surface area contributed by atoms with E-state index < -0.39 is 11.9 Å². The Hall–Kier alpha value is -1.80. The fourth-order valence-corrected chi connectivity index (χ4v) is 1.23. The van der Waals surface area contributed by atoms with Crippen molar-refractivity contribution in [3.63, 3.8) is 0 Å². The van der Waals surface area contributed by atoms with E-state index in [-0.39, 0.29) is 11.1 Å². The Bertz CT molecular complexity index is 496. The zero-order chi connectivity index (χ0) is 12.1. The van der Waals surface area contributed by atoms with Crippen molar-refractivity contribution in [2.24, 2.45) is 0 Å². The molecule has 1 rings (SSSR count). The van der Waals surface area contributed by atoms with E-state index in [0.29, 0.717) is 10.9 Å². The molecule has 0 atom stereocenters. The maximum atomic E-state index is 10.9. The molecule has 0 aliphatic carbocycles. The third-order valence-electron chi connectivity index (χ3n) is 1.79. The molecule has 4 nitrogen and oxygen atoms in total. The number of halogens is 1. The topological polar surface area (TPSA) is 74.6 Å². The Morgan fingerprint density at radius 2 is 1.94 bits per heavy atom. The van der Waals surface area contributed by atoms with Gasteiger partial charge in [-0.3, -0.25) is 0 Å². The predicted molar refractivity (Wildman–Crippen MR) is 61.0 cm³/mol. The van der Waals surface area contributed by atoms with E-state index in [1.807, 2.05) is 0 Å². The molecular formula is C11H7BrO4. The van der Waals surface area contributed by atoms with E-state index in [1.54, 1.807) is 0 Å². The molecule has 0 unspecified atom stereocenters. The SMILES string of the molecule is O=C(O)c1ccc(C#CCBr)c(C(=O)O)c1. The molecule has 0 spiro atoms. The first-order valence-electron chi connectivity index (χ1n) is 4.21. The van der Waals surface area contributed by atoms with Crippen molar-refractivity contribution in [3.05, 3.63) is 34.9 Å². The van der Waals surface area contributed by atoms with E-state index >= 15 is 0 Å². The number of carbonyl (C=O) groups is 2. The van der Waals surface area contributed by atoms with Crippen molar-refractivity contribution >= 4 is 27.9 Å². The van der Waals surface area contributed by atoms with Crippen molar-refractivity contribution < 1.29 is 19.8 Å². The van der Waals surface area contributed by atoms with Crippen molar-refractivity contribution in [2.45, 2.75) is 0 Å². The van der Waals surface area contributed by atoms with Crippen molar-refractivity contribution in [1.29, 1.82) is 0 Å². The van der Waals surface area contributed by atoms with Gasteiger partial charge in [0.15, 0.2) is 0 Å². The van der Waals surface area contributed by atoms with Gasteiger partial charge in [-0.1, -0.05) is 27.8 Å². The van der Waals surface area contributed by atoms with Crippen LogP contribution in [-0.4, -0.2) is 27.5 Å². The summed E-state index contributed by atoms with van der Waals surface area (Å²) in [6.07, 6.45) is 0. The van der Waals surface area contributed by atoms with Crippen LogP contribution in [0, 0.1) is 11.8 Å². The first-order chi connectivity index (χ1) is 7.56. The second-order valence-corrected chi connectivity index (χ2v) is 3.37. The van der Waals surface area contributed by atoms with Gasteiger partial charge in [0.2, 0.25) is 0 Å². The molecule has 2 N–H and O–H groups in total. The normalized spacial score (nSPS) is 9.06. The van der Waals surface area contributed by atoms with Crippen molar-refractivity contribution in [1.82, 2.24) is 0 Å². The molecule has 0 heterocycles. The molecule has 0 aromatic heterocycles. The smallest absolute Gasteiger partial charge is 0.336 e. The summed E-state index contributed by atoms with van der Waals surface area (Å²) in [6, 6.07) is 3.82. The molecule has 1 aromatic carbocycles. The lowest BCUT2D eigenvalue weighted by molar-refractivity contribution is 0.0695. The number of alkyl halides is 1. The Kier molecular flexibility index (Phi) is 4.09. The van der Waals surface area contributed by atoms with Gasteiger partial charge in [0.05, 0.1) is 16.5 Å². The van der Waals surface area contributed by atoms with E-state index in [9.17, 15) is 9.59 Å². The van der Waals surface area contributed by atoms with Crippen LogP contribution in [0.25, 0.3) is 0 Å². The zero-order valence-corrected chi connectivity index (χ0v) is 9.61. The van der Waals surface area contributed by atoms with E-state index in [4.69, 9.17) is 10.2 Å². The molecular weight excluding hydrogens is 276 g/mol. The number of hydrogen-bond donors (Lipinski definition) is 2. The second kappa shape index (κ2) is 5.33. The highest BCUT2D eigenvalue weighted by atomic mass is 79.9. The highest BCUT2D eigenvalue weighted by Crippen LogP contribution is 2.11. The summed E-state index contributed by atoms with van der Waals surface area (Å²) in [5, 5.41) is 18.0. The van der Waals surface area contributed by atoms with E-state index in [2.05, 4.69) is 27.8 Å². The van der Waals surface area contributed by atoms with Gasteiger partial charge in [-0.05, 0) is 18.2 Å². The number of benzene rings is 1. The van der Waals surface area contributed by atoms with Crippen LogP contribution >= 0.6 is 15.9 Å². The molecule has 1 aromatic rings. The van der Waals surface area contributed by atoms with Crippen LogP contribution in [0.2, 0.25) is 0 Å². The molecule has 0 aliphatic rings. The third-order valence-corrected chi connectivity index (χ3v) is 2.07. The number of aromatic carboxylic acids is 2. The standard InChI is InChI=1S/C11H7BrO4/c12-5-1-2-7-3-4-8(10(13)14)6-9(7)11(15)16/h3-4,6H,5H2,(H,13,14)(H,15,16). The molecule has 0 fully saturated rings. The average molecular weight is 283 g/mol. The molecule has 0 radical (unpaired) electrons. The fraction of sp³-hybridized carbons (Fsp3) is 0.0909. The van der Waals surface area contributed by atoms with E-state index in [1.165, 1.54) is 12.1 Å². The molecule has 0 saturated heterocycles. The number of hydrogen-bond acceptors (Lipinski definition) is 2. The van der Waals surface area contributed by atoms with Crippen molar-refractivity contribution in [2.75, 3.05) is 5.33 Å². The van der Waals surface area contributed by atoms with Crippen LogP contribution < -0.4 is 0 Å². The van der Waals surface area contributed by atoms with Gasteiger partial charge in [0, 0.05) is 5.56 Å². The Balaban J connectivity index is 3.30. The minimum atomic E-state index is -1.19. The Morgan fingerprint density at radius 3 is 2.44 bits per heavy atom. The Morgan fingerprint density at radius 1 is 1.25 bits per heavy atom. The van der Waals surface area contributed by atoms with Crippen molar-refractivity contribution in [3.8, 4) is 11.8 Å². The van der Waals surface area contributed by atoms with Gasteiger partial charge in [0.25, 0.3) is 0 Å². The van der Waals surface area contributed by atoms with Gasteiger partial charge < -0.3 is 10.2 Å². The van der Waals surface area contributed by atoms with Crippen LogP contribution in [0.1, 0.15) is 26.3 Å². The first kappa shape index (κ1) is 12.3. The molecule has 0 aliphatic heterocycles. The van der Waals surface area contributed by atoms with Crippen LogP contribution in [0.5, 0.6) is 0 Å². The van der Waals surface area contributed by atoms with E-state index in [0.717, 1.165) is 6.07 Å². The summed E-state index contributed by atoms with van der Waals surface area (Å²) in [7, 11) is 0. The lowest BCUT2D eigenvalue weighted by atomic mass is 10.0. The van der Waals surface area contributed by atoms with Gasteiger partial charge in [0.1, 0.15) is 0 Å². The summed E-state index contributed by atoms with van der Waals surface area (Å²) in [6.45, 7) is 0. The van der Waals surface area contributed by atoms with Crippen LogP contribution in [0.15, 0.2) is 18.2 Å². The third kappa shape index (κ3) is 2.84. The summed E-state index contributed by atoms with van der Waals surface area (Å²) in [4.78, 5) is 21.6. The Labute approximate surface area is 100 Å². The predicted octanol–water partition coefficient (Wildman–Crippen LogP) is 1.83. The van der Waals surface area contributed by atoms with Crippen LogP contribution in [0.3, 0.4) is 0 Å². The lowest BCUT2D eigenvalue weighted by Gasteiger charge is -2.00. The fourth-order valence-electron chi connectivity index (χ4n) is 1.09. The molecule has 0 bridgehead atoms. The second-order valence-electron chi connectivity index (χ2n) is 2.81. The largest absolute Gasteiger partial charge is 0.478 e. The van der Waals surface area contributed by atoms with Gasteiger partial charge in [-0.25, -0.2) is 9.59 Å². The van der Waals surface area contributed by atoms with Crippen LogP contribution in [0.4, 0.5) is 0 Å². The number of carboxylic acid groups (broad SMARTS) is 2. The highest BCUT2D eigenvalue weighted by Gasteiger charge is 2.12. The van der Waals surface area contributed by atoms with Gasteiger partial charge in [-0.2, -0.15) is 0 Å². The number of carboxylic acids is 2. The number of rotatable bonds is 2. The quantitative estimate of drug-likeness (QED) is 0.641. The molecule has 16 heavy (non-hydrogen) atoms. The minimum absolute atomic E-state index is 0.0678. The lowest BCUT2D eigenvalue weighted by Crippen LogP contribution is -2.04. The zero-order valence-electron chi connectivity index (χ0n) is 8.03.